The van der Waals surface area contributed by atoms with E-state index < -0.39 is 0 Å². The molecular weight excluding hydrogens is 805 g/mol. The second kappa shape index (κ2) is 14.8. The van der Waals surface area contributed by atoms with Gasteiger partial charge in [0, 0.05) is 59.7 Å². The zero-order chi connectivity index (χ0) is 43.2. The summed E-state index contributed by atoms with van der Waals surface area (Å²) in [6.45, 7) is 4.31. The molecule has 13 aromatic rings. The van der Waals surface area contributed by atoms with Gasteiger partial charge in [-0.05, 0) is 146 Å². The van der Waals surface area contributed by atoms with Crippen molar-refractivity contribution in [3.8, 4) is 0 Å². The Morgan fingerprint density at radius 2 is 0.662 bits per heavy atom. The van der Waals surface area contributed by atoms with Crippen molar-refractivity contribution in [3.05, 3.63) is 230 Å². The van der Waals surface area contributed by atoms with Crippen molar-refractivity contribution in [2.24, 2.45) is 0 Å². The van der Waals surface area contributed by atoms with Crippen LogP contribution in [0.4, 0.5) is 34.1 Å². The summed E-state index contributed by atoms with van der Waals surface area (Å²) >= 11 is 1.91. The summed E-state index contributed by atoms with van der Waals surface area (Å²) in [5, 5.41) is 17.7. The third kappa shape index (κ3) is 6.15. The molecule has 0 aliphatic carbocycles. The van der Waals surface area contributed by atoms with E-state index in [9.17, 15) is 0 Å². The second-order valence-corrected chi connectivity index (χ2v) is 18.5. The van der Waals surface area contributed by atoms with Gasteiger partial charge < -0.3 is 9.80 Å². The van der Waals surface area contributed by atoms with Crippen LogP contribution in [-0.2, 0) is 0 Å². The van der Waals surface area contributed by atoms with E-state index in [4.69, 9.17) is 0 Å². The normalized spacial score (nSPS) is 11.8. The Morgan fingerprint density at radius 1 is 0.277 bits per heavy atom. The molecule has 65 heavy (non-hydrogen) atoms. The number of thiophene rings is 1. The van der Waals surface area contributed by atoms with Crippen LogP contribution in [0.15, 0.2) is 218 Å². The Bertz CT molecular complexity index is 4030. The maximum atomic E-state index is 2.42. The number of anilines is 6. The summed E-state index contributed by atoms with van der Waals surface area (Å²) in [6, 6.07) is 81.2. The van der Waals surface area contributed by atoms with Gasteiger partial charge in [-0.2, -0.15) is 0 Å². The van der Waals surface area contributed by atoms with E-state index in [2.05, 4.69) is 242 Å². The first-order valence-electron chi connectivity index (χ1n) is 22.4. The summed E-state index contributed by atoms with van der Waals surface area (Å²) in [4.78, 5) is 4.84. The summed E-state index contributed by atoms with van der Waals surface area (Å²) in [5.74, 6) is 0. The minimum Gasteiger partial charge on any atom is -0.310 e. The molecule has 306 valence electrons. The fraction of sp³-hybridized carbons (Fsp3) is 0.0323. The Hall–Kier alpha value is -7.98. The van der Waals surface area contributed by atoms with Crippen molar-refractivity contribution >= 4 is 130 Å². The van der Waals surface area contributed by atoms with Crippen LogP contribution in [0.3, 0.4) is 0 Å². The highest BCUT2D eigenvalue weighted by molar-refractivity contribution is 7.27. The lowest BCUT2D eigenvalue weighted by Gasteiger charge is -2.27. The Balaban J connectivity index is 1.00. The first-order chi connectivity index (χ1) is 32.0. The molecule has 2 nitrogen and oxygen atoms in total. The van der Waals surface area contributed by atoms with Gasteiger partial charge in [0.25, 0.3) is 0 Å². The van der Waals surface area contributed by atoms with Gasteiger partial charge in [-0.15, -0.1) is 11.3 Å². The quantitative estimate of drug-likeness (QED) is 0.154. The van der Waals surface area contributed by atoms with Gasteiger partial charge in [-0.3, -0.25) is 0 Å². The first kappa shape index (κ1) is 37.6. The van der Waals surface area contributed by atoms with Gasteiger partial charge in [0.1, 0.15) is 0 Å². The molecule has 0 aliphatic rings. The van der Waals surface area contributed by atoms with Crippen LogP contribution in [0, 0.1) is 13.8 Å². The number of rotatable bonds is 6. The second-order valence-electron chi connectivity index (χ2n) is 17.5. The molecule has 0 saturated carbocycles. The summed E-state index contributed by atoms with van der Waals surface area (Å²) in [7, 11) is 0. The van der Waals surface area contributed by atoms with Crippen molar-refractivity contribution in [1.29, 1.82) is 0 Å². The number of benzene rings is 12. The molecule has 1 aromatic heterocycles. The minimum atomic E-state index is 1.13. The summed E-state index contributed by atoms with van der Waals surface area (Å²) in [5.41, 5.74) is 9.29. The van der Waals surface area contributed by atoms with Crippen molar-refractivity contribution < 1.29 is 0 Å². The first-order valence-corrected chi connectivity index (χ1v) is 23.2. The maximum Gasteiger partial charge on any atom is 0.0476 e. The molecular formula is C62H42N2S. The number of nitrogens with zero attached hydrogens (tertiary/aromatic N) is 2. The third-order valence-corrected chi connectivity index (χ3v) is 14.7. The van der Waals surface area contributed by atoms with Gasteiger partial charge in [0.15, 0.2) is 0 Å². The van der Waals surface area contributed by atoms with Crippen LogP contribution >= 0.6 is 11.3 Å². The molecule has 0 atom stereocenters. The topological polar surface area (TPSA) is 6.48 Å². The van der Waals surface area contributed by atoms with Crippen LogP contribution < -0.4 is 9.80 Å². The highest BCUT2D eigenvalue weighted by atomic mass is 32.1. The third-order valence-electron chi connectivity index (χ3n) is 13.5. The molecule has 1 heterocycles. The van der Waals surface area contributed by atoms with E-state index in [0.717, 1.165) is 34.1 Å². The fourth-order valence-electron chi connectivity index (χ4n) is 10.2. The number of hydrogen-bond donors (Lipinski definition) is 0. The van der Waals surface area contributed by atoms with Crippen LogP contribution in [0.5, 0.6) is 0 Å². The standard InChI is InChI=1S/C62H42N2S/c1-39-15-25-45(26-16-39)63(47-29-23-43-21-19-41-9-3-5-11-51(41)57(43)35-47)49-31-33-55-59(37-49)53-13-7-8-14-54(53)61-56-34-32-50(38-60(56)65-62(55)61)64(46-27-17-40(2)18-28-46)48-30-24-44-22-20-42-10-4-6-12-52(42)58(44)36-48/h3-38H,1-2H3. The van der Waals surface area contributed by atoms with Gasteiger partial charge in [-0.25, -0.2) is 0 Å². The monoisotopic (exact) mass is 846 g/mol. The minimum absolute atomic E-state index is 1.13. The van der Waals surface area contributed by atoms with Crippen LogP contribution in [0.1, 0.15) is 11.1 Å². The lowest BCUT2D eigenvalue weighted by Crippen LogP contribution is -2.10. The van der Waals surface area contributed by atoms with Crippen molar-refractivity contribution in [2.45, 2.75) is 13.8 Å². The largest absolute Gasteiger partial charge is 0.310 e. The molecule has 12 aromatic carbocycles. The van der Waals surface area contributed by atoms with Gasteiger partial charge >= 0.3 is 0 Å². The van der Waals surface area contributed by atoms with Gasteiger partial charge in [-0.1, -0.05) is 157 Å². The number of hydrogen-bond acceptors (Lipinski definition) is 3. The molecule has 0 fully saturated rings. The van der Waals surface area contributed by atoms with E-state index in [1.54, 1.807) is 0 Å². The van der Waals surface area contributed by atoms with Crippen molar-refractivity contribution in [1.82, 2.24) is 0 Å². The summed E-state index contributed by atoms with van der Waals surface area (Å²) < 4.78 is 2.59. The zero-order valence-electron chi connectivity index (χ0n) is 36.1. The van der Waals surface area contributed by atoms with E-state index in [-0.39, 0.29) is 0 Å². The highest BCUT2D eigenvalue weighted by Crippen LogP contribution is 2.48. The molecule has 0 aliphatic heterocycles. The number of fused-ring (bicyclic) bond motifs is 14. The van der Waals surface area contributed by atoms with Crippen LogP contribution in [0.25, 0.3) is 84.8 Å². The Kier molecular flexibility index (Phi) is 8.56. The molecule has 3 heteroatoms. The Labute approximate surface area is 381 Å². The Morgan fingerprint density at radius 3 is 1.20 bits per heavy atom. The predicted octanol–water partition coefficient (Wildman–Crippen LogP) is 18.5. The molecule has 0 N–H and O–H groups in total. The van der Waals surface area contributed by atoms with Crippen LogP contribution in [-0.4, -0.2) is 0 Å². The SMILES string of the molecule is Cc1ccc(N(c2ccc3c(c2)sc2c4ccc(N(c5ccc(C)cc5)c5ccc6ccc7ccccc7c6c5)cc4c4ccccc4c32)c2ccc3ccc4ccccc4c3c2)cc1. The smallest absolute Gasteiger partial charge is 0.0476 e. The fourth-order valence-corrected chi connectivity index (χ4v) is 11.5. The molecule has 0 spiro atoms. The molecule has 0 bridgehead atoms. The lowest BCUT2D eigenvalue weighted by atomic mass is 9.96. The number of aryl methyl sites for hydroxylation is 2. The average molecular weight is 847 g/mol. The molecule has 13 rings (SSSR count). The summed E-state index contributed by atoms with van der Waals surface area (Å²) in [6.07, 6.45) is 0. The van der Waals surface area contributed by atoms with Crippen LogP contribution in [0.2, 0.25) is 0 Å². The van der Waals surface area contributed by atoms with Crippen molar-refractivity contribution in [2.75, 3.05) is 9.80 Å². The molecule has 0 radical (unpaired) electrons. The predicted molar refractivity (Wildman–Crippen MR) is 283 cm³/mol. The van der Waals surface area contributed by atoms with E-state index in [1.165, 1.54) is 95.9 Å². The molecule has 0 unspecified atom stereocenters. The van der Waals surface area contributed by atoms with E-state index in [1.807, 2.05) is 11.3 Å². The van der Waals surface area contributed by atoms with Crippen molar-refractivity contribution in [3.63, 3.8) is 0 Å². The van der Waals surface area contributed by atoms with Gasteiger partial charge in [0.2, 0.25) is 0 Å². The average Bonchev–Trinajstić information content (AvgIpc) is 3.75. The molecule has 0 amide bonds. The maximum absolute atomic E-state index is 2.42. The highest BCUT2D eigenvalue weighted by Gasteiger charge is 2.21. The van der Waals surface area contributed by atoms with E-state index >= 15 is 0 Å². The molecule has 0 saturated heterocycles. The van der Waals surface area contributed by atoms with Gasteiger partial charge in [0.05, 0.1) is 0 Å². The zero-order valence-corrected chi connectivity index (χ0v) is 36.9. The lowest BCUT2D eigenvalue weighted by molar-refractivity contribution is 1.29. The van der Waals surface area contributed by atoms with E-state index in [0.29, 0.717) is 0 Å².